The van der Waals surface area contributed by atoms with Gasteiger partial charge in [0.1, 0.15) is 0 Å². The van der Waals surface area contributed by atoms with Crippen molar-refractivity contribution in [3.63, 3.8) is 0 Å². The Morgan fingerprint density at radius 2 is 2.10 bits per heavy atom. The van der Waals surface area contributed by atoms with Crippen LogP contribution < -0.4 is 5.32 Å². The van der Waals surface area contributed by atoms with E-state index in [2.05, 4.69) is 11.4 Å². The van der Waals surface area contributed by atoms with Gasteiger partial charge in [-0.2, -0.15) is 0 Å². The molecule has 1 aliphatic carbocycles. The van der Waals surface area contributed by atoms with E-state index in [1.807, 2.05) is 18.2 Å². The van der Waals surface area contributed by atoms with Crippen LogP contribution in [-0.2, 0) is 16.0 Å². The van der Waals surface area contributed by atoms with E-state index in [9.17, 15) is 9.59 Å². The van der Waals surface area contributed by atoms with Crippen LogP contribution in [0.5, 0.6) is 0 Å². The van der Waals surface area contributed by atoms with Gasteiger partial charge in [-0.3, -0.25) is 9.59 Å². The molecule has 0 aromatic heterocycles. The van der Waals surface area contributed by atoms with Crippen LogP contribution in [0.4, 0.5) is 0 Å². The van der Waals surface area contributed by atoms with Crippen molar-refractivity contribution in [1.82, 2.24) is 5.32 Å². The fourth-order valence-corrected chi connectivity index (χ4v) is 4.35. The zero-order chi connectivity index (χ0) is 14.9. The highest BCUT2D eigenvalue weighted by molar-refractivity contribution is 8.01. The summed E-state index contributed by atoms with van der Waals surface area (Å²) in [5.74, 6) is -0.737. The second-order valence-corrected chi connectivity index (χ2v) is 7.30. The number of amides is 1. The Bertz CT molecular complexity index is 543. The molecule has 1 atom stereocenters. The van der Waals surface area contributed by atoms with E-state index in [-0.39, 0.29) is 23.0 Å². The number of benzene rings is 1. The number of carbonyl (C=O) groups excluding carboxylic acids is 1. The van der Waals surface area contributed by atoms with Crippen molar-refractivity contribution < 1.29 is 14.7 Å². The third kappa shape index (κ3) is 3.07. The topological polar surface area (TPSA) is 66.4 Å². The number of carboxylic acids is 1. The third-order valence-corrected chi connectivity index (χ3v) is 5.84. The van der Waals surface area contributed by atoms with Crippen molar-refractivity contribution in [2.75, 3.05) is 6.54 Å². The van der Waals surface area contributed by atoms with Crippen molar-refractivity contribution in [2.24, 2.45) is 5.41 Å². The molecule has 1 aromatic carbocycles. The van der Waals surface area contributed by atoms with Crippen molar-refractivity contribution >= 4 is 23.6 Å². The van der Waals surface area contributed by atoms with Crippen molar-refractivity contribution in [2.45, 2.75) is 42.2 Å². The molecule has 1 saturated carbocycles. The smallest absolute Gasteiger partial charge is 0.303 e. The molecule has 1 fully saturated rings. The zero-order valence-corrected chi connectivity index (χ0v) is 12.6. The number of carboxylic acid groups (broad SMARTS) is 1. The van der Waals surface area contributed by atoms with Gasteiger partial charge in [-0.1, -0.05) is 24.6 Å². The normalized spacial score (nSPS) is 22.2. The first-order valence-corrected chi connectivity index (χ1v) is 8.20. The molecule has 21 heavy (non-hydrogen) atoms. The molecule has 0 bridgehead atoms. The quantitative estimate of drug-likeness (QED) is 0.877. The van der Waals surface area contributed by atoms with Gasteiger partial charge in [-0.25, -0.2) is 0 Å². The minimum Gasteiger partial charge on any atom is -0.481 e. The first kappa shape index (κ1) is 14.4. The van der Waals surface area contributed by atoms with Crippen LogP contribution >= 0.6 is 11.8 Å². The number of hydrogen-bond acceptors (Lipinski definition) is 3. The summed E-state index contributed by atoms with van der Waals surface area (Å²) in [7, 11) is 0. The molecular weight excluding hydrogens is 286 g/mol. The molecule has 2 aliphatic rings. The van der Waals surface area contributed by atoms with Crippen molar-refractivity contribution in [3.05, 3.63) is 29.8 Å². The first-order valence-electron chi connectivity index (χ1n) is 7.32. The zero-order valence-electron chi connectivity index (χ0n) is 11.8. The molecule has 4 nitrogen and oxygen atoms in total. The second kappa shape index (κ2) is 5.72. The molecule has 112 valence electrons. The second-order valence-electron chi connectivity index (χ2n) is 6.06. The highest BCUT2D eigenvalue weighted by Gasteiger charge is 2.40. The van der Waals surface area contributed by atoms with E-state index < -0.39 is 5.97 Å². The van der Waals surface area contributed by atoms with E-state index in [0.29, 0.717) is 6.54 Å². The largest absolute Gasteiger partial charge is 0.481 e. The third-order valence-electron chi connectivity index (χ3n) is 4.52. The average Bonchev–Trinajstić information content (AvgIpc) is 2.84. The summed E-state index contributed by atoms with van der Waals surface area (Å²) in [5.41, 5.74) is 1.02. The van der Waals surface area contributed by atoms with Crippen LogP contribution in [-0.4, -0.2) is 28.8 Å². The van der Waals surface area contributed by atoms with Gasteiger partial charge < -0.3 is 10.4 Å². The Kier molecular flexibility index (Phi) is 3.93. The Labute approximate surface area is 128 Å². The summed E-state index contributed by atoms with van der Waals surface area (Å²) in [6, 6.07) is 8.09. The van der Waals surface area contributed by atoms with Gasteiger partial charge in [-0.15, -0.1) is 11.8 Å². The monoisotopic (exact) mass is 305 g/mol. The Morgan fingerprint density at radius 3 is 2.71 bits per heavy atom. The van der Waals surface area contributed by atoms with E-state index in [4.69, 9.17) is 5.11 Å². The number of carbonyl (C=O) groups is 2. The Balaban J connectivity index is 1.55. The molecular formula is C16H19NO3S. The van der Waals surface area contributed by atoms with Crippen LogP contribution in [0, 0.1) is 5.41 Å². The summed E-state index contributed by atoms with van der Waals surface area (Å²) in [6.07, 6.45) is 3.78. The Hall–Kier alpha value is -1.49. The number of hydrogen-bond donors (Lipinski definition) is 2. The van der Waals surface area contributed by atoms with Gasteiger partial charge in [0, 0.05) is 11.4 Å². The average molecular weight is 305 g/mol. The standard InChI is InChI=1S/C16H19NO3S/c18-14(19)9-16(6-3-7-16)10-17-15(20)13-8-11-4-1-2-5-12(11)21-13/h1-2,4-5,13H,3,6-10H2,(H,17,20)(H,18,19). The number of aliphatic carboxylic acids is 1. The molecule has 0 spiro atoms. The van der Waals surface area contributed by atoms with Crippen LogP contribution in [0.2, 0.25) is 0 Å². The molecule has 1 heterocycles. The molecule has 1 unspecified atom stereocenters. The highest BCUT2D eigenvalue weighted by atomic mass is 32.2. The van der Waals surface area contributed by atoms with Crippen molar-refractivity contribution in [1.29, 1.82) is 0 Å². The molecule has 1 aliphatic heterocycles. The lowest BCUT2D eigenvalue weighted by atomic mass is 9.66. The molecule has 5 heteroatoms. The van der Waals surface area contributed by atoms with Crippen molar-refractivity contribution in [3.8, 4) is 0 Å². The molecule has 2 N–H and O–H groups in total. The number of rotatable bonds is 5. The van der Waals surface area contributed by atoms with Crippen LogP contribution in [0.1, 0.15) is 31.2 Å². The minimum absolute atomic E-state index is 0.0351. The fourth-order valence-electron chi connectivity index (χ4n) is 3.13. The van der Waals surface area contributed by atoms with E-state index in [0.717, 1.165) is 25.7 Å². The molecule has 3 rings (SSSR count). The van der Waals surface area contributed by atoms with E-state index >= 15 is 0 Å². The summed E-state index contributed by atoms with van der Waals surface area (Å²) in [6.45, 7) is 0.492. The predicted octanol–water partition coefficient (Wildman–Crippen LogP) is 2.46. The Morgan fingerprint density at radius 1 is 1.33 bits per heavy atom. The highest BCUT2D eigenvalue weighted by Crippen LogP contribution is 2.43. The van der Waals surface area contributed by atoms with Crippen LogP contribution in [0.25, 0.3) is 0 Å². The maximum absolute atomic E-state index is 12.3. The van der Waals surface area contributed by atoms with Gasteiger partial charge in [0.2, 0.25) is 5.91 Å². The number of nitrogens with one attached hydrogen (secondary N) is 1. The first-order chi connectivity index (χ1) is 10.1. The summed E-state index contributed by atoms with van der Waals surface area (Å²) >= 11 is 1.61. The summed E-state index contributed by atoms with van der Waals surface area (Å²) < 4.78 is 0. The lowest BCUT2D eigenvalue weighted by Gasteiger charge is -2.41. The summed E-state index contributed by atoms with van der Waals surface area (Å²) in [4.78, 5) is 24.4. The van der Waals surface area contributed by atoms with Gasteiger partial charge in [0.25, 0.3) is 0 Å². The van der Waals surface area contributed by atoms with Crippen LogP contribution in [0.3, 0.4) is 0 Å². The minimum atomic E-state index is -0.772. The maximum Gasteiger partial charge on any atom is 0.303 e. The SMILES string of the molecule is O=C(O)CC1(CNC(=O)C2Cc3ccccc3S2)CCC1. The predicted molar refractivity (Wildman–Crippen MR) is 81.3 cm³/mol. The molecule has 1 aromatic rings. The molecule has 0 saturated heterocycles. The molecule has 0 radical (unpaired) electrons. The van der Waals surface area contributed by atoms with Crippen LogP contribution in [0.15, 0.2) is 29.2 Å². The summed E-state index contributed by atoms with van der Waals surface area (Å²) in [5, 5.41) is 11.9. The molecule has 1 amide bonds. The van der Waals surface area contributed by atoms with Gasteiger partial charge in [0.05, 0.1) is 11.7 Å². The maximum atomic E-state index is 12.3. The van der Waals surface area contributed by atoms with E-state index in [1.54, 1.807) is 11.8 Å². The van der Waals surface area contributed by atoms with Gasteiger partial charge >= 0.3 is 5.97 Å². The number of thioether (sulfide) groups is 1. The number of fused-ring (bicyclic) bond motifs is 1. The lowest BCUT2D eigenvalue weighted by molar-refractivity contribution is -0.141. The fraction of sp³-hybridized carbons (Fsp3) is 0.500. The van der Waals surface area contributed by atoms with E-state index in [1.165, 1.54) is 10.5 Å². The van der Waals surface area contributed by atoms with Gasteiger partial charge in [-0.05, 0) is 36.3 Å². The lowest BCUT2D eigenvalue weighted by Crippen LogP contribution is -2.45. The van der Waals surface area contributed by atoms with Gasteiger partial charge in [0.15, 0.2) is 0 Å².